The summed E-state index contributed by atoms with van der Waals surface area (Å²) in [5.74, 6) is 0.115. The molecule has 1 saturated heterocycles. The third-order valence-electron chi connectivity index (χ3n) is 6.13. The molecule has 168 valence electrons. The highest BCUT2D eigenvalue weighted by molar-refractivity contribution is 6.31. The quantitative estimate of drug-likeness (QED) is 0.643. The van der Waals surface area contributed by atoms with Crippen LogP contribution in [0.1, 0.15) is 59.3 Å². The maximum atomic E-state index is 14.2. The van der Waals surface area contributed by atoms with Crippen molar-refractivity contribution in [3.05, 3.63) is 63.2 Å². The molecule has 0 radical (unpaired) electrons. The lowest BCUT2D eigenvalue weighted by Gasteiger charge is -2.29. The number of likely N-dealkylation sites (tertiary alicyclic amines) is 1. The van der Waals surface area contributed by atoms with E-state index in [4.69, 9.17) is 11.6 Å². The van der Waals surface area contributed by atoms with E-state index in [1.807, 2.05) is 11.0 Å². The van der Waals surface area contributed by atoms with Gasteiger partial charge in [0.25, 0.3) is 5.91 Å². The van der Waals surface area contributed by atoms with E-state index in [1.54, 1.807) is 19.9 Å². The van der Waals surface area contributed by atoms with Gasteiger partial charge in [0.2, 0.25) is 5.91 Å². The Morgan fingerprint density at radius 2 is 1.94 bits per heavy atom. The van der Waals surface area contributed by atoms with Crippen LogP contribution in [0.25, 0.3) is 6.08 Å². The molecule has 5 nitrogen and oxygen atoms in total. The molecular formula is C25H27ClFN3O2. The molecule has 2 fully saturated rings. The first kappa shape index (κ1) is 22.5. The van der Waals surface area contributed by atoms with E-state index in [-0.39, 0.29) is 17.6 Å². The van der Waals surface area contributed by atoms with Gasteiger partial charge in [-0.15, -0.1) is 0 Å². The molecule has 32 heavy (non-hydrogen) atoms. The highest BCUT2D eigenvalue weighted by Crippen LogP contribution is 2.34. The van der Waals surface area contributed by atoms with Gasteiger partial charge in [0.15, 0.2) is 0 Å². The number of nitrogens with one attached hydrogen (secondary N) is 1. The Morgan fingerprint density at radius 1 is 1.22 bits per heavy atom. The van der Waals surface area contributed by atoms with Crippen LogP contribution in [0.15, 0.2) is 30.0 Å². The van der Waals surface area contributed by atoms with Gasteiger partial charge < -0.3 is 10.2 Å². The number of carbonyl (C=O) groups is 2. The number of nitrogens with zero attached hydrogens (tertiary/aromatic N) is 2. The summed E-state index contributed by atoms with van der Waals surface area (Å²) in [6.07, 6.45) is 7.91. The van der Waals surface area contributed by atoms with Crippen LogP contribution in [0.4, 0.5) is 10.1 Å². The Labute approximate surface area is 192 Å². The minimum atomic E-state index is -0.357. The molecule has 0 atom stereocenters. The molecule has 1 aromatic carbocycles. The zero-order valence-corrected chi connectivity index (χ0v) is 19.1. The molecule has 2 aromatic rings. The summed E-state index contributed by atoms with van der Waals surface area (Å²) in [6, 6.07) is 4.41. The van der Waals surface area contributed by atoms with Gasteiger partial charge in [-0.25, -0.2) is 4.39 Å². The molecule has 0 unspecified atom stereocenters. The average Bonchev–Trinajstić information content (AvgIpc) is 3.57. The van der Waals surface area contributed by atoms with E-state index in [1.165, 1.54) is 31.2 Å². The number of pyridine rings is 1. The normalized spacial score (nSPS) is 16.1. The molecule has 2 heterocycles. The lowest BCUT2D eigenvalue weighted by Crippen LogP contribution is -2.36. The number of aromatic nitrogens is 1. The van der Waals surface area contributed by atoms with Crippen molar-refractivity contribution in [1.29, 1.82) is 0 Å². The Kier molecular flexibility index (Phi) is 6.60. The van der Waals surface area contributed by atoms with Crippen LogP contribution in [0.3, 0.4) is 0 Å². The number of carbonyl (C=O) groups excluding carboxylic acids is 2. The number of aryl methyl sites for hydroxylation is 2. The van der Waals surface area contributed by atoms with Gasteiger partial charge in [-0.1, -0.05) is 23.3 Å². The number of rotatable bonds is 5. The maximum Gasteiger partial charge on any atom is 0.257 e. The van der Waals surface area contributed by atoms with E-state index in [9.17, 15) is 14.0 Å². The van der Waals surface area contributed by atoms with Crippen molar-refractivity contribution < 1.29 is 14.0 Å². The van der Waals surface area contributed by atoms with Crippen LogP contribution in [-0.2, 0) is 4.79 Å². The molecule has 1 aliphatic carbocycles. The summed E-state index contributed by atoms with van der Waals surface area (Å²) in [7, 11) is 0. The smallest absolute Gasteiger partial charge is 0.257 e. The van der Waals surface area contributed by atoms with Crippen molar-refractivity contribution in [1.82, 2.24) is 9.88 Å². The number of benzene rings is 1. The van der Waals surface area contributed by atoms with E-state index < -0.39 is 0 Å². The van der Waals surface area contributed by atoms with E-state index in [0.29, 0.717) is 58.5 Å². The summed E-state index contributed by atoms with van der Waals surface area (Å²) >= 11 is 6.11. The van der Waals surface area contributed by atoms with Gasteiger partial charge in [-0.3, -0.25) is 14.6 Å². The number of amides is 2. The fraction of sp³-hybridized carbons (Fsp3) is 0.400. The van der Waals surface area contributed by atoms with Crippen LogP contribution < -0.4 is 5.32 Å². The van der Waals surface area contributed by atoms with Gasteiger partial charge in [0, 0.05) is 31.3 Å². The van der Waals surface area contributed by atoms with E-state index in [0.717, 1.165) is 18.4 Å². The molecule has 2 amide bonds. The monoisotopic (exact) mass is 455 g/mol. The maximum absolute atomic E-state index is 14.2. The van der Waals surface area contributed by atoms with Crippen molar-refractivity contribution in [3.63, 3.8) is 0 Å². The average molecular weight is 456 g/mol. The highest BCUT2D eigenvalue weighted by atomic mass is 35.5. The Bertz CT molecular complexity index is 1080. The lowest BCUT2D eigenvalue weighted by molar-refractivity contribution is -0.132. The van der Waals surface area contributed by atoms with Crippen molar-refractivity contribution in [2.45, 2.75) is 46.0 Å². The minimum absolute atomic E-state index is 0.242. The standard InChI is InChI=1S/C25H27ClFN3O2/c1-15-9-21(27)12-19(24(15)29-25(32)20-13-22(26)16(2)28-14-20)10-18-5-7-30(8-6-18)23(31)11-17-3-4-17/h9-10,12-14,17H,3-8,11H2,1-2H3,(H,29,32). The second kappa shape index (κ2) is 9.41. The van der Waals surface area contributed by atoms with Gasteiger partial charge in [0.1, 0.15) is 5.82 Å². The van der Waals surface area contributed by atoms with Crippen LogP contribution >= 0.6 is 11.6 Å². The molecule has 1 aromatic heterocycles. The van der Waals surface area contributed by atoms with Crippen molar-refractivity contribution in [2.75, 3.05) is 18.4 Å². The second-order valence-corrected chi connectivity index (χ2v) is 9.17. The molecule has 4 rings (SSSR count). The Hall–Kier alpha value is -2.73. The first-order chi connectivity index (χ1) is 15.3. The number of anilines is 1. The Morgan fingerprint density at radius 3 is 2.59 bits per heavy atom. The van der Waals surface area contributed by atoms with Crippen LogP contribution in [0, 0.1) is 25.6 Å². The summed E-state index contributed by atoms with van der Waals surface area (Å²) in [5, 5.41) is 3.32. The predicted octanol–water partition coefficient (Wildman–Crippen LogP) is 5.55. The van der Waals surface area contributed by atoms with Gasteiger partial charge >= 0.3 is 0 Å². The number of halogens is 2. The summed E-state index contributed by atoms with van der Waals surface area (Å²) in [4.78, 5) is 31.2. The first-order valence-electron chi connectivity index (χ1n) is 11.0. The lowest BCUT2D eigenvalue weighted by atomic mass is 9.98. The van der Waals surface area contributed by atoms with Crippen LogP contribution in [0.5, 0.6) is 0 Å². The summed E-state index contributed by atoms with van der Waals surface area (Å²) < 4.78 is 14.2. The highest BCUT2D eigenvalue weighted by Gasteiger charge is 2.28. The zero-order chi connectivity index (χ0) is 22.8. The van der Waals surface area contributed by atoms with Crippen molar-refractivity contribution in [3.8, 4) is 0 Å². The zero-order valence-electron chi connectivity index (χ0n) is 18.4. The number of piperidine rings is 1. The fourth-order valence-corrected chi connectivity index (χ4v) is 4.14. The Balaban J connectivity index is 1.51. The summed E-state index contributed by atoms with van der Waals surface area (Å²) in [6.45, 7) is 4.89. The number of hydrogen-bond donors (Lipinski definition) is 1. The number of hydrogen-bond acceptors (Lipinski definition) is 3. The SMILES string of the molecule is Cc1cc(F)cc(C=C2CCN(C(=O)CC3CC3)CC2)c1NC(=O)c1cnc(C)c(Cl)c1. The molecule has 1 aliphatic heterocycles. The van der Waals surface area contributed by atoms with Gasteiger partial charge in [-0.05, 0) is 69.2 Å². The minimum Gasteiger partial charge on any atom is -0.342 e. The van der Waals surface area contributed by atoms with Crippen molar-refractivity contribution >= 4 is 35.2 Å². The molecule has 2 aliphatic rings. The predicted molar refractivity (Wildman–Crippen MR) is 124 cm³/mol. The molecule has 0 bridgehead atoms. The van der Waals surface area contributed by atoms with Gasteiger partial charge in [0.05, 0.1) is 22.0 Å². The molecule has 1 N–H and O–H groups in total. The largest absolute Gasteiger partial charge is 0.342 e. The van der Waals surface area contributed by atoms with Gasteiger partial charge in [-0.2, -0.15) is 0 Å². The third kappa shape index (κ3) is 5.36. The second-order valence-electron chi connectivity index (χ2n) is 8.76. The summed E-state index contributed by atoms with van der Waals surface area (Å²) in [5.41, 5.74) is 3.94. The van der Waals surface area contributed by atoms with Crippen LogP contribution in [-0.4, -0.2) is 34.8 Å². The molecule has 0 spiro atoms. The fourth-order valence-electron chi connectivity index (χ4n) is 3.98. The third-order valence-corrected chi connectivity index (χ3v) is 6.52. The van der Waals surface area contributed by atoms with Crippen molar-refractivity contribution in [2.24, 2.45) is 5.92 Å². The first-order valence-corrected chi connectivity index (χ1v) is 11.4. The molecule has 7 heteroatoms. The molecule has 1 saturated carbocycles. The molecular weight excluding hydrogens is 429 g/mol. The van der Waals surface area contributed by atoms with E-state index in [2.05, 4.69) is 10.3 Å². The topological polar surface area (TPSA) is 62.3 Å². The van der Waals surface area contributed by atoms with E-state index >= 15 is 0 Å². The van der Waals surface area contributed by atoms with Crippen LogP contribution in [0.2, 0.25) is 5.02 Å².